The first-order chi connectivity index (χ1) is 8.81. The van der Waals surface area contributed by atoms with E-state index in [-0.39, 0.29) is 11.3 Å². The Labute approximate surface area is 116 Å². The molecule has 0 aliphatic heterocycles. The van der Waals surface area contributed by atoms with Gasteiger partial charge in [0, 0.05) is 10.2 Å². The highest BCUT2D eigenvalue weighted by Gasteiger charge is 2.22. The van der Waals surface area contributed by atoms with E-state index in [2.05, 4.69) is 21.2 Å². The van der Waals surface area contributed by atoms with Gasteiger partial charge in [0.25, 0.3) is 5.91 Å². The maximum Gasteiger partial charge on any atom is 0.326 e. The van der Waals surface area contributed by atoms with Gasteiger partial charge in [-0.2, -0.15) is 0 Å². The molecule has 0 aliphatic rings. The van der Waals surface area contributed by atoms with Crippen LogP contribution in [0, 0.1) is 0 Å². The third kappa shape index (κ3) is 4.25. The summed E-state index contributed by atoms with van der Waals surface area (Å²) in [7, 11) is 0. The molecule has 0 saturated heterocycles. The SMILES string of the molecule is NC(=O)c1cc(Br)ccc1NC(CC(=O)O)C(=O)O. The van der Waals surface area contributed by atoms with Crippen molar-refractivity contribution in [3.8, 4) is 0 Å². The van der Waals surface area contributed by atoms with E-state index in [4.69, 9.17) is 15.9 Å². The molecule has 102 valence electrons. The van der Waals surface area contributed by atoms with Crippen LogP contribution in [0.3, 0.4) is 0 Å². The van der Waals surface area contributed by atoms with Gasteiger partial charge in [0.05, 0.1) is 12.0 Å². The van der Waals surface area contributed by atoms with Crippen molar-refractivity contribution >= 4 is 39.5 Å². The standard InChI is InChI=1S/C11H11BrN2O5/c12-5-1-2-7(6(3-5)10(13)17)14-8(11(18)19)4-9(15)16/h1-3,8,14H,4H2,(H2,13,17)(H,15,16)(H,18,19). The third-order valence-electron chi connectivity index (χ3n) is 2.25. The molecule has 1 rings (SSSR count). The maximum absolute atomic E-state index is 11.2. The van der Waals surface area contributed by atoms with Crippen LogP contribution < -0.4 is 11.1 Å². The van der Waals surface area contributed by atoms with E-state index in [0.717, 1.165) is 0 Å². The number of hydrogen-bond acceptors (Lipinski definition) is 4. The van der Waals surface area contributed by atoms with Gasteiger partial charge in [-0.05, 0) is 18.2 Å². The highest BCUT2D eigenvalue weighted by Crippen LogP contribution is 2.22. The molecule has 0 fully saturated rings. The van der Waals surface area contributed by atoms with E-state index in [9.17, 15) is 14.4 Å². The highest BCUT2D eigenvalue weighted by molar-refractivity contribution is 9.10. The van der Waals surface area contributed by atoms with Crippen LogP contribution in [-0.4, -0.2) is 34.1 Å². The molecular weight excluding hydrogens is 320 g/mol. The van der Waals surface area contributed by atoms with Crippen LogP contribution >= 0.6 is 15.9 Å². The molecule has 1 aromatic rings. The van der Waals surface area contributed by atoms with Gasteiger partial charge >= 0.3 is 11.9 Å². The summed E-state index contributed by atoms with van der Waals surface area (Å²) in [6, 6.07) is 3.09. The summed E-state index contributed by atoms with van der Waals surface area (Å²) >= 11 is 3.15. The topological polar surface area (TPSA) is 130 Å². The molecule has 0 spiro atoms. The number of carbonyl (C=O) groups is 3. The zero-order valence-electron chi connectivity index (χ0n) is 9.59. The molecular formula is C11H11BrN2O5. The summed E-state index contributed by atoms with van der Waals surface area (Å²) in [5.41, 5.74) is 5.42. The monoisotopic (exact) mass is 330 g/mol. The minimum atomic E-state index is -1.35. The number of halogens is 1. The second kappa shape index (κ2) is 6.19. The molecule has 0 aliphatic carbocycles. The number of hydrogen-bond donors (Lipinski definition) is 4. The number of benzene rings is 1. The van der Waals surface area contributed by atoms with Gasteiger partial charge in [-0.15, -0.1) is 0 Å². The van der Waals surface area contributed by atoms with Gasteiger partial charge in [-0.3, -0.25) is 9.59 Å². The van der Waals surface area contributed by atoms with Gasteiger partial charge in [0.1, 0.15) is 6.04 Å². The Kier molecular flexibility index (Phi) is 4.87. The molecule has 5 N–H and O–H groups in total. The van der Waals surface area contributed by atoms with E-state index in [1.165, 1.54) is 12.1 Å². The van der Waals surface area contributed by atoms with E-state index in [1.54, 1.807) is 6.07 Å². The van der Waals surface area contributed by atoms with Gasteiger partial charge < -0.3 is 21.3 Å². The average Bonchev–Trinajstić information content (AvgIpc) is 2.29. The van der Waals surface area contributed by atoms with Crippen molar-refractivity contribution in [1.29, 1.82) is 0 Å². The number of nitrogens with one attached hydrogen (secondary N) is 1. The first-order valence-electron chi connectivity index (χ1n) is 5.11. The minimum absolute atomic E-state index is 0.0750. The largest absolute Gasteiger partial charge is 0.481 e. The second-order valence-electron chi connectivity index (χ2n) is 3.69. The van der Waals surface area contributed by atoms with Gasteiger partial charge in [-0.1, -0.05) is 15.9 Å². The lowest BCUT2D eigenvalue weighted by Crippen LogP contribution is -2.32. The van der Waals surface area contributed by atoms with E-state index in [0.29, 0.717) is 4.47 Å². The molecule has 1 atom stereocenters. The molecule has 0 bridgehead atoms. The quantitative estimate of drug-likeness (QED) is 0.612. The predicted molar refractivity (Wildman–Crippen MR) is 70.0 cm³/mol. The molecule has 0 heterocycles. The van der Waals surface area contributed by atoms with E-state index in [1.807, 2.05) is 0 Å². The summed E-state index contributed by atoms with van der Waals surface area (Å²) in [5, 5.41) is 20.0. The zero-order chi connectivity index (χ0) is 14.6. The lowest BCUT2D eigenvalue weighted by atomic mass is 10.1. The van der Waals surface area contributed by atoms with Crippen molar-refractivity contribution in [1.82, 2.24) is 0 Å². The van der Waals surface area contributed by atoms with Crippen LogP contribution in [0.1, 0.15) is 16.8 Å². The van der Waals surface area contributed by atoms with Crippen molar-refractivity contribution in [2.45, 2.75) is 12.5 Å². The number of nitrogens with two attached hydrogens (primary N) is 1. The smallest absolute Gasteiger partial charge is 0.326 e. The van der Waals surface area contributed by atoms with Crippen molar-refractivity contribution < 1.29 is 24.6 Å². The molecule has 7 nitrogen and oxygen atoms in total. The van der Waals surface area contributed by atoms with Crippen LogP contribution in [-0.2, 0) is 9.59 Å². The normalized spacial score (nSPS) is 11.6. The number of primary amides is 1. The first kappa shape index (κ1) is 15.0. The molecule has 1 unspecified atom stereocenters. The average molecular weight is 331 g/mol. The fraction of sp³-hybridized carbons (Fsp3) is 0.182. The van der Waals surface area contributed by atoms with Gasteiger partial charge in [0.15, 0.2) is 0 Å². The minimum Gasteiger partial charge on any atom is -0.481 e. The van der Waals surface area contributed by atoms with Crippen molar-refractivity contribution in [2.75, 3.05) is 5.32 Å². The second-order valence-corrected chi connectivity index (χ2v) is 4.60. The molecule has 0 saturated carbocycles. The fourth-order valence-corrected chi connectivity index (χ4v) is 1.77. The van der Waals surface area contributed by atoms with Gasteiger partial charge in [0.2, 0.25) is 0 Å². The van der Waals surface area contributed by atoms with Crippen LogP contribution in [0.25, 0.3) is 0 Å². The Morgan fingerprint density at radius 3 is 2.42 bits per heavy atom. The number of carbonyl (C=O) groups excluding carboxylic acids is 1. The van der Waals surface area contributed by atoms with Crippen LogP contribution in [0.2, 0.25) is 0 Å². The number of amides is 1. The van der Waals surface area contributed by atoms with Crippen LogP contribution in [0.4, 0.5) is 5.69 Å². The molecule has 1 amide bonds. The van der Waals surface area contributed by atoms with E-state index >= 15 is 0 Å². The van der Waals surface area contributed by atoms with Crippen molar-refractivity contribution in [3.63, 3.8) is 0 Å². The highest BCUT2D eigenvalue weighted by atomic mass is 79.9. The van der Waals surface area contributed by atoms with Crippen LogP contribution in [0.5, 0.6) is 0 Å². The number of rotatable bonds is 6. The first-order valence-corrected chi connectivity index (χ1v) is 5.91. The summed E-state index contributed by atoms with van der Waals surface area (Å²) in [4.78, 5) is 32.8. The third-order valence-corrected chi connectivity index (χ3v) is 2.75. The summed E-state index contributed by atoms with van der Waals surface area (Å²) < 4.78 is 0.594. The number of aliphatic carboxylic acids is 2. The Bertz CT molecular complexity index is 532. The molecule has 1 aromatic carbocycles. The predicted octanol–water partition coefficient (Wildman–Crippen LogP) is 0.888. The summed E-state index contributed by atoms with van der Waals surface area (Å²) in [5.74, 6) is -3.35. The molecule has 0 radical (unpaired) electrons. The molecule has 0 aromatic heterocycles. The molecule has 19 heavy (non-hydrogen) atoms. The molecule has 8 heteroatoms. The fourth-order valence-electron chi connectivity index (χ4n) is 1.41. The number of carboxylic acid groups (broad SMARTS) is 2. The summed E-state index contributed by atoms with van der Waals surface area (Å²) in [6.45, 7) is 0. The Morgan fingerprint density at radius 1 is 1.32 bits per heavy atom. The summed E-state index contributed by atoms with van der Waals surface area (Å²) in [6.07, 6.45) is -0.621. The lowest BCUT2D eigenvalue weighted by molar-refractivity contribution is -0.144. The zero-order valence-corrected chi connectivity index (χ0v) is 11.2. The van der Waals surface area contributed by atoms with Crippen molar-refractivity contribution in [2.24, 2.45) is 5.73 Å². The Hall–Kier alpha value is -2.09. The Balaban J connectivity index is 3.05. The lowest BCUT2D eigenvalue weighted by Gasteiger charge is -2.16. The Morgan fingerprint density at radius 2 is 1.95 bits per heavy atom. The van der Waals surface area contributed by atoms with Crippen LogP contribution in [0.15, 0.2) is 22.7 Å². The van der Waals surface area contributed by atoms with Gasteiger partial charge in [-0.25, -0.2) is 4.79 Å². The van der Waals surface area contributed by atoms with E-state index < -0.39 is 30.3 Å². The maximum atomic E-state index is 11.2. The van der Waals surface area contributed by atoms with Crippen molar-refractivity contribution in [3.05, 3.63) is 28.2 Å². The number of carboxylic acids is 2. The number of anilines is 1.